The standard InChI is InChI=1S/C7H11F3O3/c1-6(2,5(11)12)4(13-3)7(8,9)10/h4H,1-3H3,(H,11,12). The Morgan fingerprint density at radius 1 is 1.38 bits per heavy atom. The molecule has 0 saturated heterocycles. The molecule has 0 aromatic heterocycles. The highest BCUT2D eigenvalue weighted by Crippen LogP contribution is 2.35. The molecule has 3 nitrogen and oxygen atoms in total. The molecule has 0 aliphatic carbocycles. The van der Waals surface area contributed by atoms with E-state index in [4.69, 9.17) is 5.11 Å². The maximum atomic E-state index is 12.2. The van der Waals surface area contributed by atoms with Crippen molar-refractivity contribution in [3.05, 3.63) is 0 Å². The molecule has 0 heterocycles. The number of ether oxygens (including phenoxy) is 1. The highest BCUT2D eigenvalue weighted by molar-refractivity contribution is 5.74. The number of hydrogen-bond acceptors (Lipinski definition) is 2. The van der Waals surface area contributed by atoms with Gasteiger partial charge < -0.3 is 9.84 Å². The van der Waals surface area contributed by atoms with Gasteiger partial charge in [0.25, 0.3) is 0 Å². The van der Waals surface area contributed by atoms with Crippen molar-refractivity contribution >= 4 is 5.97 Å². The third-order valence-electron chi connectivity index (χ3n) is 1.74. The Morgan fingerprint density at radius 2 is 1.77 bits per heavy atom. The van der Waals surface area contributed by atoms with Gasteiger partial charge in [0, 0.05) is 7.11 Å². The number of halogens is 3. The SMILES string of the molecule is COC(C(F)(F)F)C(C)(C)C(=O)O. The van der Waals surface area contributed by atoms with Crippen molar-refractivity contribution in [2.45, 2.75) is 26.1 Å². The van der Waals surface area contributed by atoms with Gasteiger partial charge in [-0.25, -0.2) is 0 Å². The fourth-order valence-corrected chi connectivity index (χ4v) is 0.950. The normalized spacial score (nSPS) is 15.5. The maximum Gasteiger partial charge on any atom is 0.415 e. The minimum Gasteiger partial charge on any atom is -0.481 e. The van der Waals surface area contributed by atoms with Gasteiger partial charge in [0.05, 0.1) is 5.41 Å². The van der Waals surface area contributed by atoms with E-state index in [1.807, 2.05) is 0 Å². The summed E-state index contributed by atoms with van der Waals surface area (Å²) in [5.74, 6) is -1.54. The van der Waals surface area contributed by atoms with Crippen LogP contribution < -0.4 is 0 Å². The monoisotopic (exact) mass is 200 g/mol. The maximum absolute atomic E-state index is 12.2. The van der Waals surface area contributed by atoms with Gasteiger partial charge in [0.15, 0.2) is 6.10 Å². The molecule has 1 unspecified atom stereocenters. The first-order chi connectivity index (χ1) is 5.64. The van der Waals surface area contributed by atoms with Gasteiger partial charge in [-0.15, -0.1) is 0 Å². The summed E-state index contributed by atoms with van der Waals surface area (Å²) in [5.41, 5.74) is -1.98. The lowest BCUT2D eigenvalue weighted by molar-refractivity contribution is -0.245. The van der Waals surface area contributed by atoms with Gasteiger partial charge in [-0.05, 0) is 13.8 Å². The van der Waals surface area contributed by atoms with Gasteiger partial charge >= 0.3 is 12.1 Å². The van der Waals surface area contributed by atoms with Crippen LogP contribution in [0.2, 0.25) is 0 Å². The fraction of sp³-hybridized carbons (Fsp3) is 0.857. The molecule has 0 aromatic rings. The van der Waals surface area contributed by atoms with Crippen LogP contribution >= 0.6 is 0 Å². The topological polar surface area (TPSA) is 46.5 Å². The molecule has 0 saturated carbocycles. The largest absolute Gasteiger partial charge is 0.481 e. The first-order valence-corrected chi connectivity index (χ1v) is 3.47. The number of rotatable bonds is 3. The number of alkyl halides is 3. The first kappa shape index (κ1) is 12.2. The van der Waals surface area contributed by atoms with Gasteiger partial charge in [-0.1, -0.05) is 0 Å². The number of hydrogen-bond donors (Lipinski definition) is 1. The minimum absolute atomic E-state index is 0.836. The van der Waals surface area contributed by atoms with E-state index in [1.165, 1.54) is 0 Å². The molecular formula is C7H11F3O3. The molecule has 0 aliphatic heterocycles. The zero-order valence-corrected chi connectivity index (χ0v) is 7.47. The van der Waals surface area contributed by atoms with E-state index in [2.05, 4.69) is 4.74 Å². The van der Waals surface area contributed by atoms with E-state index in [-0.39, 0.29) is 0 Å². The summed E-state index contributed by atoms with van der Waals surface area (Å²) in [4.78, 5) is 10.5. The zero-order valence-electron chi connectivity index (χ0n) is 7.47. The van der Waals surface area contributed by atoms with E-state index in [0.717, 1.165) is 21.0 Å². The third kappa shape index (κ3) is 2.58. The Hall–Kier alpha value is -0.780. The average Bonchev–Trinajstić information content (AvgIpc) is 1.83. The summed E-state index contributed by atoms with van der Waals surface area (Å²) in [6.45, 7) is 1.94. The van der Waals surface area contributed by atoms with Crippen LogP contribution in [0.4, 0.5) is 13.2 Å². The van der Waals surface area contributed by atoms with Crippen molar-refractivity contribution in [3.8, 4) is 0 Å². The Bertz CT molecular complexity index is 198. The summed E-state index contributed by atoms with van der Waals surface area (Å²) in [5, 5.41) is 8.53. The summed E-state index contributed by atoms with van der Waals surface area (Å²) in [7, 11) is 0.836. The highest BCUT2D eigenvalue weighted by Gasteiger charge is 2.53. The average molecular weight is 200 g/mol. The summed E-state index contributed by atoms with van der Waals surface area (Å²) in [6, 6.07) is 0. The lowest BCUT2D eigenvalue weighted by Crippen LogP contribution is -2.47. The highest BCUT2D eigenvalue weighted by atomic mass is 19.4. The molecule has 0 spiro atoms. The van der Waals surface area contributed by atoms with E-state index in [1.54, 1.807) is 0 Å². The van der Waals surface area contributed by atoms with Crippen LogP contribution in [-0.4, -0.2) is 30.5 Å². The molecule has 1 N–H and O–H groups in total. The smallest absolute Gasteiger partial charge is 0.415 e. The first-order valence-electron chi connectivity index (χ1n) is 3.47. The molecule has 13 heavy (non-hydrogen) atoms. The number of carbonyl (C=O) groups is 1. The molecule has 0 amide bonds. The van der Waals surface area contributed by atoms with Crippen LogP contribution in [0.3, 0.4) is 0 Å². The zero-order chi connectivity index (χ0) is 10.9. The Morgan fingerprint density at radius 3 is 1.85 bits per heavy atom. The third-order valence-corrected chi connectivity index (χ3v) is 1.74. The predicted molar refractivity (Wildman–Crippen MR) is 38.3 cm³/mol. The van der Waals surface area contributed by atoms with Gasteiger partial charge in [0.1, 0.15) is 0 Å². The van der Waals surface area contributed by atoms with E-state index >= 15 is 0 Å². The summed E-state index contributed by atoms with van der Waals surface area (Å²) in [6.07, 6.45) is -6.96. The summed E-state index contributed by atoms with van der Waals surface area (Å²) < 4.78 is 40.7. The molecule has 6 heteroatoms. The van der Waals surface area contributed by atoms with E-state index < -0.39 is 23.7 Å². The second kappa shape index (κ2) is 3.53. The molecule has 1 atom stereocenters. The van der Waals surface area contributed by atoms with E-state index in [9.17, 15) is 18.0 Å². The van der Waals surface area contributed by atoms with Crippen LogP contribution in [0.15, 0.2) is 0 Å². The van der Waals surface area contributed by atoms with Crippen molar-refractivity contribution < 1.29 is 27.8 Å². The van der Waals surface area contributed by atoms with Crippen molar-refractivity contribution in [1.29, 1.82) is 0 Å². The quantitative estimate of drug-likeness (QED) is 0.753. The fourth-order valence-electron chi connectivity index (χ4n) is 0.950. The molecule has 0 bridgehead atoms. The molecule has 0 rings (SSSR count). The van der Waals surface area contributed by atoms with Gasteiger partial charge in [-0.3, -0.25) is 4.79 Å². The second-order valence-corrected chi connectivity index (χ2v) is 3.18. The molecule has 78 valence electrons. The Kier molecular flexibility index (Phi) is 3.32. The Balaban J connectivity index is 4.88. The number of carboxylic acid groups (broad SMARTS) is 1. The van der Waals surface area contributed by atoms with Crippen molar-refractivity contribution in [2.75, 3.05) is 7.11 Å². The molecule has 0 aliphatic rings. The molecular weight excluding hydrogens is 189 g/mol. The van der Waals surface area contributed by atoms with Crippen molar-refractivity contribution in [2.24, 2.45) is 5.41 Å². The van der Waals surface area contributed by atoms with Crippen molar-refractivity contribution in [3.63, 3.8) is 0 Å². The molecule has 0 aromatic carbocycles. The van der Waals surface area contributed by atoms with Crippen LogP contribution in [0.25, 0.3) is 0 Å². The minimum atomic E-state index is -4.67. The number of carboxylic acids is 1. The number of methoxy groups -OCH3 is 1. The van der Waals surface area contributed by atoms with E-state index in [0.29, 0.717) is 0 Å². The van der Waals surface area contributed by atoms with Crippen molar-refractivity contribution in [1.82, 2.24) is 0 Å². The molecule has 0 fully saturated rings. The van der Waals surface area contributed by atoms with Crippen LogP contribution in [0, 0.1) is 5.41 Å². The van der Waals surface area contributed by atoms with Crippen LogP contribution in [0.5, 0.6) is 0 Å². The van der Waals surface area contributed by atoms with Gasteiger partial charge in [0.2, 0.25) is 0 Å². The second-order valence-electron chi connectivity index (χ2n) is 3.18. The lowest BCUT2D eigenvalue weighted by atomic mass is 9.86. The lowest BCUT2D eigenvalue weighted by Gasteiger charge is -2.30. The van der Waals surface area contributed by atoms with Crippen LogP contribution in [0.1, 0.15) is 13.8 Å². The van der Waals surface area contributed by atoms with Crippen LogP contribution in [-0.2, 0) is 9.53 Å². The van der Waals surface area contributed by atoms with Gasteiger partial charge in [-0.2, -0.15) is 13.2 Å². The molecule has 0 radical (unpaired) electrons. The number of aliphatic carboxylic acids is 1. The Labute approximate surface area is 73.5 Å². The summed E-state index contributed by atoms with van der Waals surface area (Å²) >= 11 is 0. The predicted octanol–water partition coefficient (Wildman–Crippen LogP) is 1.67.